The molecule has 0 aromatic heterocycles. The maximum absolute atomic E-state index is 12.3. The van der Waals surface area contributed by atoms with E-state index >= 15 is 0 Å². The number of anilines is 1. The predicted octanol–water partition coefficient (Wildman–Crippen LogP) is 1.92. The van der Waals surface area contributed by atoms with Crippen LogP contribution in [0.15, 0.2) is 29.3 Å². The molecule has 3 rings (SSSR count). The molecule has 23 heavy (non-hydrogen) atoms. The van der Waals surface area contributed by atoms with E-state index in [9.17, 15) is 14.4 Å². The fourth-order valence-corrected chi connectivity index (χ4v) is 3.73. The van der Waals surface area contributed by atoms with Crippen molar-refractivity contribution in [3.8, 4) is 0 Å². The zero-order valence-corrected chi connectivity index (χ0v) is 13.6. The van der Waals surface area contributed by atoms with Crippen molar-refractivity contribution in [3.63, 3.8) is 0 Å². The third-order valence-corrected chi connectivity index (χ3v) is 4.97. The van der Waals surface area contributed by atoms with Crippen LogP contribution in [0.1, 0.15) is 30.1 Å². The van der Waals surface area contributed by atoms with E-state index in [1.807, 2.05) is 0 Å². The first-order valence-corrected chi connectivity index (χ1v) is 8.36. The highest BCUT2D eigenvalue weighted by Gasteiger charge is 2.39. The lowest BCUT2D eigenvalue weighted by Gasteiger charge is -2.19. The van der Waals surface area contributed by atoms with Gasteiger partial charge in [-0.2, -0.15) is 0 Å². The highest BCUT2D eigenvalue weighted by molar-refractivity contribution is 8.15. The lowest BCUT2D eigenvalue weighted by Crippen LogP contribution is -2.36. The molecular weight excluding hydrogens is 314 g/mol. The van der Waals surface area contributed by atoms with Gasteiger partial charge < -0.3 is 5.32 Å². The van der Waals surface area contributed by atoms with Gasteiger partial charge in [0.1, 0.15) is 5.25 Å². The Bertz CT molecular complexity index is 684. The topological polar surface area (TPSA) is 78.8 Å². The average Bonchev–Trinajstić information content (AvgIpc) is 2.84. The number of thioether (sulfide) groups is 1. The quantitative estimate of drug-likeness (QED) is 0.855. The van der Waals surface area contributed by atoms with Crippen molar-refractivity contribution in [2.45, 2.75) is 25.0 Å². The number of fused-ring (bicyclic) bond motifs is 1. The fraction of sp³-hybridized carbons (Fsp3) is 0.375. The van der Waals surface area contributed by atoms with Crippen LogP contribution in [-0.4, -0.2) is 46.0 Å². The van der Waals surface area contributed by atoms with Gasteiger partial charge in [-0.25, -0.2) is 0 Å². The van der Waals surface area contributed by atoms with Crippen LogP contribution in [0.4, 0.5) is 5.69 Å². The summed E-state index contributed by atoms with van der Waals surface area (Å²) in [4.78, 5) is 41.6. The molecule has 1 aromatic rings. The van der Waals surface area contributed by atoms with Gasteiger partial charge in [0.2, 0.25) is 11.8 Å². The van der Waals surface area contributed by atoms with E-state index in [0.717, 1.165) is 18.1 Å². The Balaban J connectivity index is 1.59. The van der Waals surface area contributed by atoms with Gasteiger partial charge in [-0.3, -0.25) is 24.3 Å². The molecule has 7 heteroatoms. The van der Waals surface area contributed by atoms with Gasteiger partial charge >= 0.3 is 0 Å². The largest absolute Gasteiger partial charge is 0.326 e. The number of hydrogen-bond donors (Lipinski definition) is 1. The number of aliphatic imine (C=N–C) groups is 1. The fourth-order valence-electron chi connectivity index (χ4n) is 2.54. The molecule has 1 N–H and O–H groups in total. The Hall–Kier alpha value is -2.15. The zero-order chi connectivity index (χ0) is 16.4. The normalized spacial score (nSPS) is 20.0. The lowest BCUT2D eigenvalue weighted by atomic mass is 10.1. The van der Waals surface area contributed by atoms with Gasteiger partial charge in [0.15, 0.2) is 11.0 Å². The van der Waals surface area contributed by atoms with Crippen LogP contribution in [-0.2, 0) is 9.59 Å². The van der Waals surface area contributed by atoms with E-state index in [1.165, 1.54) is 18.7 Å². The number of carbonyl (C=O) groups excluding carboxylic acids is 3. The van der Waals surface area contributed by atoms with Gasteiger partial charge in [0.05, 0.1) is 0 Å². The molecule has 1 aromatic carbocycles. The summed E-state index contributed by atoms with van der Waals surface area (Å²) in [6.07, 6.45) is 0.991. The van der Waals surface area contributed by atoms with Crippen LogP contribution in [0.3, 0.4) is 0 Å². The van der Waals surface area contributed by atoms with Crippen LogP contribution in [0.25, 0.3) is 0 Å². The van der Waals surface area contributed by atoms with Crippen molar-refractivity contribution in [3.05, 3.63) is 29.8 Å². The minimum atomic E-state index is -0.400. The first kappa shape index (κ1) is 15.7. The molecule has 1 saturated heterocycles. The first-order valence-electron chi connectivity index (χ1n) is 7.48. The van der Waals surface area contributed by atoms with E-state index < -0.39 is 5.25 Å². The monoisotopic (exact) mass is 331 g/mol. The van der Waals surface area contributed by atoms with Gasteiger partial charge in [0.25, 0.3) is 0 Å². The van der Waals surface area contributed by atoms with E-state index in [4.69, 9.17) is 0 Å². The zero-order valence-electron chi connectivity index (χ0n) is 12.7. The number of ketones is 1. The summed E-state index contributed by atoms with van der Waals surface area (Å²) in [6, 6.07) is 6.71. The Morgan fingerprint density at radius 1 is 1.35 bits per heavy atom. The number of hydrogen-bond acceptors (Lipinski definition) is 5. The molecule has 0 saturated carbocycles. The van der Waals surface area contributed by atoms with Crippen LogP contribution >= 0.6 is 11.8 Å². The summed E-state index contributed by atoms with van der Waals surface area (Å²) < 4.78 is 0. The smallest absolute Gasteiger partial charge is 0.242 e. The van der Waals surface area contributed by atoms with Crippen LogP contribution in [0.2, 0.25) is 0 Å². The second-order valence-electron chi connectivity index (χ2n) is 5.50. The predicted molar refractivity (Wildman–Crippen MR) is 89.7 cm³/mol. The Morgan fingerprint density at radius 2 is 2.09 bits per heavy atom. The minimum absolute atomic E-state index is 0.0201. The summed E-state index contributed by atoms with van der Waals surface area (Å²) in [5.41, 5.74) is 1.21. The third kappa shape index (κ3) is 3.44. The molecular formula is C16H17N3O3S. The van der Waals surface area contributed by atoms with Crippen LogP contribution in [0.5, 0.6) is 0 Å². The minimum Gasteiger partial charge on any atom is -0.326 e. The molecule has 1 unspecified atom stereocenters. The van der Waals surface area contributed by atoms with Gasteiger partial charge in [-0.15, -0.1) is 0 Å². The Labute approximate surface area is 138 Å². The van der Waals surface area contributed by atoms with Crippen molar-refractivity contribution in [1.29, 1.82) is 0 Å². The third-order valence-electron chi connectivity index (χ3n) is 3.75. The van der Waals surface area contributed by atoms with Crippen molar-refractivity contribution in [2.24, 2.45) is 4.99 Å². The van der Waals surface area contributed by atoms with Gasteiger partial charge in [-0.05, 0) is 37.6 Å². The van der Waals surface area contributed by atoms with Gasteiger partial charge in [0, 0.05) is 30.8 Å². The van der Waals surface area contributed by atoms with E-state index in [0.29, 0.717) is 17.8 Å². The molecule has 0 bridgehead atoms. The Kier molecular flexibility index (Phi) is 4.47. The first-order chi connectivity index (χ1) is 11.0. The molecule has 120 valence electrons. The maximum atomic E-state index is 12.3. The highest BCUT2D eigenvalue weighted by Crippen LogP contribution is 2.31. The molecule has 0 spiro atoms. The van der Waals surface area contributed by atoms with Crippen molar-refractivity contribution < 1.29 is 14.4 Å². The van der Waals surface area contributed by atoms with Gasteiger partial charge in [-0.1, -0.05) is 11.8 Å². The summed E-state index contributed by atoms with van der Waals surface area (Å²) >= 11 is 1.37. The maximum Gasteiger partial charge on any atom is 0.242 e. The molecule has 1 fully saturated rings. The Morgan fingerprint density at radius 3 is 2.74 bits per heavy atom. The average molecular weight is 331 g/mol. The van der Waals surface area contributed by atoms with Crippen LogP contribution in [0, 0.1) is 0 Å². The van der Waals surface area contributed by atoms with Crippen LogP contribution < -0.4 is 5.32 Å². The number of Topliss-reactive ketones (excluding diaryl/α,β-unsaturated/α-hetero) is 1. The SMILES string of the molecule is CC(=O)c1ccc(NC(=O)CC2SC3=NCCCN3C2=O)cc1. The summed E-state index contributed by atoms with van der Waals surface area (Å²) in [6.45, 7) is 2.93. The lowest BCUT2D eigenvalue weighted by molar-refractivity contribution is -0.128. The second-order valence-corrected chi connectivity index (χ2v) is 6.67. The molecule has 2 aliphatic heterocycles. The summed E-state index contributed by atoms with van der Waals surface area (Å²) in [5, 5.41) is 3.10. The number of amidine groups is 1. The number of nitrogens with zero attached hydrogens (tertiary/aromatic N) is 2. The molecule has 2 aliphatic rings. The number of amides is 2. The van der Waals surface area contributed by atoms with Crippen molar-refractivity contribution >= 4 is 40.2 Å². The second kappa shape index (κ2) is 6.54. The standard InChI is InChI=1S/C16H17N3O3S/c1-10(20)11-3-5-12(6-4-11)18-14(21)9-13-15(22)19-8-2-7-17-16(19)23-13/h3-6,13H,2,7-9H2,1H3,(H,18,21). The molecule has 0 radical (unpaired) electrons. The molecule has 6 nitrogen and oxygen atoms in total. The van der Waals surface area contributed by atoms with Crippen molar-refractivity contribution in [2.75, 3.05) is 18.4 Å². The summed E-state index contributed by atoms with van der Waals surface area (Å²) in [5.74, 6) is -0.268. The number of carbonyl (C=O) groups is 3. The molecule has 2 amide bonds. The number of benzene rings is 1. The highest BCUT2D eigenvalue weighted by atomic mass is 32.2. The van der Waals surface area contributed by atoms with E-state index in [1.54, 1.807) is 29.2 Å². The number of nitrogens with one attached hydrogen (secondary N) is 1. The van der Waals surface area contributed by atoms with E-state index in [-0.39, 0.29) is 24.0 Å². The molecule has 1 atom stereocenters. The number of rotatable bonds is 4. The molecule has 0 aliphatic carbocycles. The summed E-state index contributed by atoms with van der Waals surface area (Å²) in [7, 11) is 0. The van der Waals surface area contributed by atoms with Crippen molar-refractivity contribution in [1.82, 2.24) is 4.90 Å². The molecule has 2 heterocycles. The van der Waals surface area contributed by atoms with E-state index in [2.05, 4.69) is 10.3 Å².